The Labute approximate surface area is 217 Å². The monoisotopic (exact) mass is 504 g/mol. The molecule has 1 aromatic carbocycles. The van der Waals surface area contributed by atoms with Gasteiger partial charge in [0, 0.05) is 17.5 Å². The number of fused-ring (bicyclic) bond motifs is 5. The SMILES string of the molecule is CCOC(=O)c1c(Nc2nc3ccccc3nc2N2CC3(C)CCC2C(C)(C)C3)sc2c1CCCC2. The van der Waals surface area contributed by atoms with Crippen LogP contribution in [0.25, 0.3) is 11.0 Å². The zero-order chi connectivity index (χ0) is 25.1. The summed E-state index contributed by atoms with van der Waals surface area (Å²) in [4.78, 5) is 27.2. The zero-order valence-electron chi connectivity index (χ0n) is 21.8. The number of carbonyl (C=O) groups excluding carboxylic acids is 1. The smallest absolute Gasteiger partial charge is 0.341 e. The Morgan fingerprint density at radius 1 is 1.17 bits per heavy atom. The highest BCUT2D eigenvalue weighted by molar-refractivity contribution is 7.16. The van der Waals surface area contributed by atoms with Gasteiger partial charge in [-0.2, -0.15) is 0 Å². The van der Waals surface area contributed by atoms with E-state index in [-0.39, 0.29) is 16.8 Å². The highest BCUT2D eigenvalue weighted by Gasteiger charge is 2.52. The molecule has 0 amide bonds. The van der Waals surface area contributed by atoms with E-state index in [0.717, 1.165) is 59.0 Å². The summed E-state index contributed by atoms with van der Waals surface area (Å²) in [6.07, 6.45) is 7.88. The van der Waals surface area contributed by atoms with E-state index in [1.165, 1.54) is 30.6 Å². The molecule has 1 saturated carbocycles. The van der Waals surface area contributed by atoms with Gasteiger partial charge in [-0.25, -0.2) is 14.8 Å². The van der Waals surface area contributed by atoms with Gasteiger partial charge in [-0.3, -0.25) is 0 Å². The number of carbonyl (C=O) groups is 1. The lowest BCUT2D eigenvalue weighted by atomic mass is 9.58. The Hall–Kier alpha value is -2.67. The number of piperidine rings is 2. The van der Waals surface area contributed by atoms with Crippen LogP contribution in [0.3, 0.4) is 0 Å². The average molecular weight is 505 g/mol. The standard InChI is InChI=1S/C29H36N4O2S/c1-5-35-27(34)23-18-10-6-9-13-21(18)36-26(23)32-24-25(31-20-12-8-7-11-19(20)30-24)33-17-29(4)15-14-22(33)28(2,3)16-29/h7-8,11-12,22H,5-6,9-10,13-17H2,1-4H3,(H,30,32). The molecule has 2 atom stereocenters. The first-order valence-electron chi connectivity index (χ1n) is 13.4. The Kier molecular flexibility index (Phi) is 5.74. The lowest BCUT2D eigenvalue weighted by molar-refractivity contribution is 0.0303. The number of thiophene rings is 1. The largest absolute Gasteiger partial charge is 0.462 e. The fraction of sp³-hybridized carbons (Fsp3) is 0.552. The first-order chi connectivity index (χ1) is 17.3. The number of esters is 1. The molecule has 7 heteroatoms. The first-order valence-corrected chi connectivity index (χ1v) is 14.2. The second-order valence-corrected chi connectivity index (χ2v) is 12.9. The molecular formula is C29H36N4O2S. The van der Waals surface area contributed by atoms with E-state index in [0.29, 0.717) is 18.2 Å². The van der Waals surface area contributed by atoms with Crippen molar-refractivity contribution in [2.75, 3.05) is 23.4 Å². The fourth-order valence-electron chi connectivity index (χ4n) is 7.09. The summed E-state index contributed by atoms with van der Waals surface area (Å²) in [5.74, 6) is 1.41. The number of benzene rings is 1. The second-order valence-electron chi connectivity index (χ2n) is 11.8. The number of hydrogen-bond donors (Lipinski definition) is 1. The normalized spacial score (nSPS) is 24.6. The van der Waals surface area contributed by atoms with Crippen LogP contribution in [-0.4, -0.2) is 35.1 Å². The molecule has 0 spiro atoms. The second kappa shape index (κ2) is 8.72. The molecule has 2 saturated heterocycles. The minimum atomic E-state index is -0.236. The topological polar surface area (TPSA) is 67.3 Å². The fourth-order valence-corrected chi connectivity index (χ4v) is 8.37. The van der Waals surface area contributed by atoms with E-state index >= 15 is 0 Å². The van der Waals surface area contributed by atoms with Crippen molar-refractivity contribution in [2.24, 2.45) is 10.8 Å². The van der Waals surface area contributed by atoms with Crippen LogP contribution >= 0.6 is 11.3 Å². The Morgan fingerprint density at radius 3 is 2.64 bits per heavy atom. The van der Waals surface area contributed by atoms with Gasteiger partial charge in [-0.15, -0.1) is 11.3 Å². The molecule has 7 rings (SSSR count). The summed E-state index contributed by atoms with van der Waals surface area (Å²) < 4.78 is 5.51. The van der Waals surface area contributed by atoms with Gasteiger partial charge in [0.2, 0.25) is 0 Å². The van der Waals surface area contributed by atoms with Crippen LogP contribution in [0.4, 0.5) is 16.6 Å². The number of aryl methyl sites for hydroxylation is 1. The molecule has 2 unspecified atom stereocenters. The van der Waals surface area contributed by atoms with Gasteiger partial charge in [0.05, 0.1) is 23.2 Å². The molecule has 3 fully saturated rings. The average Bonchev–Trinajstić information content (AvgIpc) is 3.20. The van der Waals surface area contributed by atoms with Gasteiger partial charge < -0.3 is 15.0 Å². The van der Waals surface area contributed by atoms with E-state index in [2.05, 4.69) is 31.0 Å². The molecule has 1 N–H and O–H groups in total. The van der Waals surface area contributed by atoms with E-state index in [1.807, 2.05) is 31.2 Å². The van der Waals surface area contributed by atoms with Crippen molar-refractivity contribution in [3.63, 3.8) is 0 Å². The van der Waals surface area contributed by atoms with Crippen molar-refractivity contribution < 1.29 is 9.53 Å². The van der Waals surface area contributed by atoms with Gasteiger partial charge in [0.15, 0.2) is 11.6 Å². The molecule has 4 heterocycles. The minimum Gasteiger partial charge on any atom is -0.462 e. The summed E-state index contributed by atoms with van der Waals surface area (Å²) in [7, 11) is 0. The van der Waals surface area contributed by atoms with Crippen LogP contribution in [0.1, 0.15) is 80.6 Å². The summed E-state index contributed by atoms with van der Waals surface area (Å²) >= 11 is 1.69. The van der Waals surface area contributed by atoms with Crippen LogP contribution in [0.15, 0.2) is 24.3 Å². The van der Waals surface area contributed by atoms with Gasteiger partial charge in [-0.05, 0) is 80.4 Å². The molecular weight excluding hydrogens is 468 g/mol. The van der Waals surface area contributed by atoms with Crippen LogP contribution in [0.2, 0.25) is 0 Å². The Bertz CT molecular complexity index is 1330. The van der Waals surface area contributed by atoms with Gasteiger partial charge in [-0.1, -0.05) is 32.9 Å². The molecule has 6 nitrogen and oxygen atoms in total. The van der Waals surface area contributed by atoms with Gasteiger partial charge in [0.1, 0.15) is 5.00 Å². The van der Waals surface area contributed by atoms with Crippen molar-refractivity contribution in [3.8, 4) is 0 Å². The van der Waals surface area contributed by atoms with Crippen molar-refractivity contribution in [3.05, 3.63) is 40.3 Å². The van der Waals surface area contributed by atoms with Gasteiger partial charge in [0.25, 0.3) is 0 Å². The maximum atomic E-state index is 13.1. The molecule has 2 aromatic heterocycles. The van der Waals surface area contributed by atoms with E-state index < -0.39 is 0 Å². The van der Waals surface area contributed by atoms with Gasteiger partial charge >= 0.3 is 5.97 Å². The summed E-state index contributed by atoms with van der Waals surface area (Å²) in [6, 6.07) is 8.49. The maximum Gasteiger partial charge on any atom is 0.341 e. The maximum absolute atomic E-state index is 13.1. The highest BCUT2D eigenvalue weighted by atomic mass is 32.1. The molecule has 2 aliphatic heterocycles. The van der Waals surface area contributed by atoms with E-state index in [9.17, 15) is 4.79 Å². The number of rotatable bonds is 5. The number of nitrogens with one attached hydrogen (secondary N) is 1. The molecule has 3 aromatic rings. The number of nitrogens with zero attached hydrogens (tertiary/aromatic N) is 3. The predicted octanol–water partition coefficient (Wildman–Crippen LogP) is 6.90. The summed E-state index contributed by atoms with van der Waals surface area (Å²) in [6.45, 7) is 10.4. The molecule has 190 valence electrons. The minimum absolute atomic E-state index is 0.202. The van der Waals surface area contributed by atoms with Crippen molar-refractivity contribution in [1.29, 1.82) is 0 Å². The predicted molar refractivity (Wildman–Crippen MR) is 147 cm³/mol. The highest BCUT2D eigenvalue weighted by Crippen LogP contribution is 2.55. The van der Waals surface area contributed by atoms with Crippen LogP contribution in [0, 0.1) is 10.8 Å². The molecule has 36 heavy (non-hydrogen) atoms. The van der Waals surface area contributed by atoms with Crippen LogP contribution in [0.5, 0.6) is 0 Å². The number of hydrogen-bond acceptors (Lipinski definition) is 7. The molecule has 4 aliphatic rings. The number of aromatic nitrogens is 2. The molecule has 2 bridgehead atoms. The van der Waals surface area contributed by atoms with Crippen LogP contribution < -0.4 is 10.2 Å². The van der Waals surface area contributed by atoms with Crippen molar-refractivity contribution in [1.82, 2.24) is 9.97 Å². The number of para-hydroxylation sites is 2. The van der Waals surface area contributed by atoms with E-state index in [1.54, 1.807) is 11.3 Å². The summed E-state index contributed by atoms with van der Waals surface area (Å²) in [5, 5.41) is 4.48. The molecule has 0 radical (unpaired) electrons. The third-order valence-electron chi connectivity index (χ3n) is 8.44. The van der Waals surface area contributed by atoms with Crippen molar-refractivity contribution in [2.45, 2.75) is 78.7 Å². The quantitative estimate of drug-likeness (QED) is 0.381. The number of anilines is 3. The third-order valence-corrected chi connectivity index (χ3v) is 9.65. The van der Waals surface area contributed by atoms with Crippen molar-refractivity contribution >= 4 is 45.0 Å². The lowest BCUT2D eigenvalue weighted by Gasteiger charge is -2.59. The Morgan fingerprint density at radius 2 is 1.92 bits per heavy atom. The number of ether oxygens (including phenoxy) is 1. The first kappa shape index (κ1) is 23.7. The zero-order valence-corrected chi connectivity index (χ0v) is 22.6. The molecule has 2 aliphatic carbocycles. The summed E-state index contributed by atoms with van der Waals surface area (Å²) in [5.41, 5.74) is 4.08. The van der Waals surface area contributed by atoms with Crippen LogP contribution in [-0.2, 0) is 17.6 Å². The lowest BCUT2D eigenvalue weighted by Crippen LogP contribution is -2.61. The Balaban J connectivity index is 1.48. The third kappa shape index (κ3) is 3.96. The van der Waals surface area contributed by atoms with E-state index in [4.69, 9.17) is 14.7 Å².